The summed E-state index contributed by atoms with van der Waals surface area (Å²) >= 11 is 1.42. The molecule has 1 aromatic carbocycles. The van der Waals surface area contributed by atoms with Crippen molar-refractivity contribution in [2.45, 2.75) is 6.54 Å². The van der Waals surface area contributed by atoms with Gasteiger partial charge < -0.3 is 10.3 Å². The molecule has 3 rings (SSSR count). The minimum Gasteiger partial charge on any atom is -0.338 e. The summed E-state index contributed by atoms with van der Waals surface area (Å²) < 4.78 is 10.2. The van der Waals surface area contributed by atoms with E-state index in [1.54, 1.807) is 0 Å². The number of hydrogen-bond donors (Lipinski definition) is 1. The molecule has 0 unspecified atom stereocenters. The fraction of sp³-hybridized carbons (Fsp3) is 0.100. The smallest absolute Gasteiger partial charge is 0.240 e. The number of nitrogens with two attached hydrogens (primary N) is 1. The molecule has 0 aliphatic heterocycles. The maximum atomic E-state index is 5.43. The average molecular weight is 232 g/mol. The minimum absolute atomic E-state index is 0.256. The van der Waals surface area contributed by atoms with E-state index < -0.39 is 0 Å². The van der Waals surface area contributed by atoms with Crippen molar-refractivity contribution in [3.05, 3.63) is 30.3 Å². The first-order chi connectivity index (χ1) is 7.88. The molecule has 2 N–H and O–H groups in total. The van der Waals surface area contributed by atoms with Crippen molar-refractivity contribution in [1.82, 2.24) is 14.5 Å². The molecule has 3 aromatic rings. The van der Waals surface area contributed by atoms with Gasteiger partial charge in [0.25, 0.3) is 0 Å². The summed E-state index contributed by atoms with van der Waals surface area (Å²) in [6, 6.07) is 5.91. The van der Waals surface area contributed by atoms with Gasteiger partial charge in [-0.2, -0.15) is 9.36 Å². The largest absolute Gasteiger partial charge is 0.338 e. The Bertz CT molecular complexity index is 630. The number of aromatic nitrogens is 3. The summed E-state index contributed by atoms with van der Waals surface area (Å²) in [5.74, 6) is 1.01. The summed E-state index contributed by atoms with van der Waals surface area (Å²) in [5, 5.41) is 4.98. The second kappa shape index (κ2) is 3.66. The predicted octanol–water partition coefficient (Wildman–Crippen LogP) is 1.80. The lowest BCUT2D eigenvalue weighted by molar-refractivity contribution is 0.380. The van der Waals surface area contributed by atoms with Gasteiger partial charge in [-0.25, -0.2) is 0 Å². The van der Waals surface area contributed by atoms with Gasteiger partial charge in [0.1, 0.15) is 0 Å². The summed E-state index contributed by atoms with van der Waals surface area (Å²) in [7, 11) is 0. The first kappa shape index (κ1) is 9.44. The van der Waals surface area contributed by atoms with Crippen molar-refractivity contribution in [2.24, 2.45) is 5.73 Å². The van der Waals surface area contributed by atoms with Crippen molar-refractivity contribution < 1.29 is 4.52 Å². The monoisotopic (exact) mass is 232 g/mol. The molecule has 0 amide bonds. The lowest BCUT2D eigenvalue weighted by Crippen LogP contribution is -1.95. The fourth-order valence-electron chi connectivity index (χ4n) is 1.52. The van der Waals surface area contributed by atoms with E-state index >= 15 is 0 Å². The molecule has 2 heterocycles. The van der Waals surface area contributed by atoms with Gasteiger partial charge in [-0.1, -0.05) is 17.3 Å². The zero-order valence-corrected chi connectivity index (χ0v) is 9.07. The quantitative estimate of drug-likeness (QED) is 0.729. The van der Waals surface area contributed by atoms with Crippen molar-refractivity contribution in [1.29, 1.82) is 0 Å². The second-order valence-corrected chi connectivity index (χ2v) is 4.07. The van der Waals surface area contributed by atoms with Crippen LogP contribution in [0.2, 0.25) is 0 Å². The molecule has 0 aliphatic rings. The standard InChI is InChI=1S/C10H8N4OS/c11-4-8-13-10(14-15-8)7-3-1-2-6-5-12-16-9(6)7/h1-3,5H,4,11H2. The number of rotatable bonds is 2. The molecule has 0 saturated carbocycles. The molecule has 0 fully saturated rings. The van der Waals surface area contributed by atoms with Crippen LogP contribution in [0.5, 0.6) is 0 Å². The summed E-state index contributed by atoms with van der Waals surface area (Å²) in [6.45, 7) is 0.256. The lowest BCUT2D eigenvalue weighted by atomic mass is 10.2. The molecular weight excluding hydrogens is 224 g/mol. The van der Waals surface area contributed by atoms with Gasteiger partial charge in [0.2, 0.25) is 11.7 Å². The minimum atomic E-state index is 0.256. The Morgan fingerprint density at radius 2 is 2.31 bits per heavy atom. The number of fused-ring (bicyclic) bond motifs is 1. The van der Waals surface area contributed by atoms with Crippen molar-refractivity contribution in [2.75, 3.05) is 0 Å². The van der Waals surface area contributed by atoms with Gasteiger partial charge >= 0.3 is 0 Å². The fourth-order valence-corrected chi connectivity index (χ4v) is 2.27. The highest BCUT2D eigenvalue weighted by molar-refractivity contribution is 7.13. The van der Waals surface area contributed by atoms with Crippen LogP contribution in [0.15, 0.2) is 28.9 Å². The Morgan fingerprint density at radius 1 is 1.38 bits per heavy atom. The Balaban J connectivity index is 2.21. The summed E-state index contributed by atoms with van der Waals surface area (Å²) in [5.41, 5.74) is 6.36. The van der Waals surface area contributed by atoms with Gasteiger partial charge in [-0.15, -0.1) is 0 Å². The number of hydrogen-bond acceptors (Lipinski definition) is 6. The van der Waals surface area contributed by atoms with Crippen LogP contribution < -0.4 is 5.73 Å². The van der Waals surface area contributed by atoms with E-state index in [4.69, 9.17) is 10.3 Å². The van der Waals surface area contributed by atoms with Crippen molar-refractivity contribution in [3.63, 3.8) is 0 Å². The van der Waals surface area contributed by atoms with E-state index in [-0.39, 0.29) is 6.54 Å². The third-order valence-corrected chi connectivity index (χ3v) is 3.11. The Morgan fingerprint density at radius 3 is 3.12 bits per heavy atom. The van der Waals surface area contributed by atoms with E-state index in [9.17, 15) is 0 Å². The van der Waals surface area contributed by atoms with Crippen LogP contribution >= 0.6 is 11.5 Å². The lowest BCUT2D eigenvalue weighted by Gasteiger charge is -1.94. The zero-order valence-electron chi connectivity index (χ0n) is 8.25. The Kier molecular flexibility index (Phi) is 2.16. The van der Waals surface area contributed by atoms with Crippen molar-refractivity contribution in [3.8, 4) is 11.4 Å². The van der Waals surface area contributed by atoms with E-state index in [1.165, 1.54) is 11.5 Å². The predicted molar refractivity (Wildman–Crippen MR) is 60.8 cm³/mol. The van der Waals surface area contributed by atoms with Crippen LogP contribution in [0.3, 0.4) is 0 Å². The van der Waals surface area contributed by atoms with Crippen LogP contribution in [-0.2, 0) is 6.54 Å². The highest BCUT2D eigenvalue weighted by atomic mass is 32.1. The molecule has 2 aromatic heterocycles. The van der Waals surface area contributed by atoms with E-state index in [2.05, 4.69) is 14.5 Å². The van der Waals surface area contributed by atoms with Gasteiger partial charge in [-0.3, -0.25) is 0 Å². The topological polar surface area (TPSA) is 77.8 Å². The number of benzene rings is 1. The Labute approximate surface area is 95.1 Å². The van der Waals surface area contributed by atoms with E-state index in [0.717, 1.165) is 15.6 Å². The maximum absolute atomic E-state index is 5.43. The normalized spacial score (nSPS) is 11.1. The molecule has 0 radical (unpaired) electrons. The van der Waals surface area contributed by atoms with Crippen LogP contribution in [0.4, 0.5) is 0 Å². The van der Waals surface area contributed by atoms with Crippen LogP contribution in [0.1, 0.15) is 5.89 Å². The maximum Gasteiger partial charge on any atom is 0.240 e. The number of nitrogens with zero attached hydrogens (tertiary/aromatic N) is 3. The van der Waals surface area contributed by atoms with Gasteiger partial charge in [0, 0.05) is 17.1 Å². The van der Waals surface area contributed by atoms with E-state index in [0.29, 0.717) is 11.7 Å². The third kappa shape index (κ3) is 1.39. The SMILES string of the molecule is NCc1nc(-c2cccc3cnsc23)no1. The zero-order chi connectivity index (χ0) is 11.0. The van der Waals surface area contributed by atoms with Gasteiger partial charge in [0.05, 0.1) is 11.2 Å². The summed E-state index contributed by atoms with van der Waals surface area (Å²) in [4.78, 5) is 4.20. The molecule has 6 heteroatoms. The molecule has 0 spiro atoms. The highest BCUT2D eigenvalue weighted by Gasteiger charge is 2.11. The van der Waals surface area contributed by atoms with Gasteiger partial charge in [0.15, 0.2) is 0 Å². The van der Waals surface area contributed by atoms with Crippen molar-refractivity contribution >= 4 is 21.6 Å². The van der Waals surface area contributed by atoms with Gasteiger partial charge in [-0.05, 0) is 17.6 Å². The molecule has 5 nitrogen and oxygen atoms in total. The van der Waals surface area contributed by atoms with Crippen LogP contribution in [0, 0.1) is 0 Å². The molecule has 16 heavy (non-hydrogen) atoms. The molecule has 0 bridgehead atoms. The molecular formula is C10H8N4OS. The first-order valence-corrected chi connectivity index (χ1v) is 5.52. The van der Waals surface area contributed by atoms with Crippen LogP contribution in [-0.4, -0.2) is 14.5 Å². The Hall–Kier alpha value is -1.79. The molecule has 0 atom stereocenters. The van der Waals surface area contributed by atoms with Crippen LogP contribution in [0.25, 0.3) is 21.5 Å². The summed E-state index contributed by atoms with van der Waals surface area (Å²) in [6.07, 6.45) is 1.83. The van der Waals surface area contributed by atoms with E-state index in [1.807, 2.05) is 24.4 Å². The highest BCUT2D eigenvalue weighted by Crippen LogP contribution is 2.29. The molecule has 0 saturated heterocycles. The first-order valence-electron chi connectivity index (χ1n) is 4.75. The second-order valence-electron chi connectivity index (χ2n) is 3.27. The third-order valence-electron chi connectivity index (χ3n) is 2.26. The molecule has 0 aliphatic carbocycles. The average Bonchev–Trinajstić information content (AvgIpc) is 2.97. The molecule has 80 valence electrons.